The number of hydrogen-bond acceptors (Lipinski definition) is 4. The number of carbonyl (C=O) groups excluding carboxylic acids is 2. The fraction of sp³-hybridized carbons (Fsp3) is 0.462. The molecule has 176 valence electrons. The van der Waals surface area contributed by atoms with E-state index in [4.69, 9.17) is 16.3 Å². The van der Waals surface area contributed by atoms with Gasteiger partial charge in [-0.15, -0.1) is 0 Å². The molecule has 0 aliphatic carbocycles. The lowest BCUT2D eigenvalue weighted by molar-refractivity contribution is -0.125. The molecule has 0 bridgehead atoms. The smallest absolute Gasteiger partial charge is 0.258 e. The van der Waals surface area contributed by atoms with Crippen LogP contribution in [0.15, 0.2) is 42.5 Å². The Labute approximate surface area is 200 Å². The van der Waals surface area contributed by atoms with E-state index in [0.717, 1.165) is 19.5 Å². The van der Waals surface area contributed by atoms with Crippen LogP contribution in [0.5, 0.6) is 5.75 Å². The molecule has 2 atom stereocenters. The monoisotopic (exact) mass is 469 g/mol. The van der Waals surface area contributed by atoms with Crippen molar-refractivity contribution in [2.45, 2.75) is 44.7 Å². The number of likely N-dealkylation sites (tertiary alicyclic amines) is 2. The molecule has 2 aromatic rings. The maximum absolute atomic E-state index is 13.3. The van der Waals surface area contributed by atoms with Gasteiger partial charge in [0.1, 0.15) is 11.8 Å². The first-order valence-corrected chi connectivity index (χ1v) is 12.1. The van der Waals surface area contributed by atoms with Gasteiger partial charge >= 0.3 is 0 Å². The quantitative estimate of drug-likeness (QED) is 0.659. The minimum Gasteiger partial charge on any atom is -0.496 e. The third-order valence-corrected chi connectivity index (χ3v) is 6.96. The van der Waals surface area contributed by atoms with Crippen molar-refractivity contribution in [3.63, 3.8) is 0 Å². The van der Waals surface area contributed by atoms with Crippen molar-refractivity contribution >= 4 is 23.4 Å². The van der Waals surface area contributed by atoms with E-state index in [1.807, 2.05) is 0 Å². The second kappa shape index (κ2) is 10.6. The van der Waals surface area contributed by atoms with Gasteiger partial charge in [0.05, 0.1) is 18.7 Å². The number of hydrogen-bond donors (Lipinski definition) is 1. The number of amides is 2. The predicted octanol–water partition coefficient (Wildman–Crippen LogP) is 4.21. The third kappa shape index (κ3) is 5.33. The van der Waals surface area contributed by atoms with Crippen LogP contribution >= 0.6 is 11.6 Å². The number of benzene rings is 2. The highest BCUT2D eigenvalue weighted by Crippen LogP contribution is 2.29. The van der Waals surface area contributed by atoms with Gasteiger partial charge in [-0.3, -0.25) is 14.5 Å². The number of carbonyl (C=O) groups is 2. The first-order valence-electron chi connectivity index (χ1n) is 11.7. The molecule has 7 heteroatoms. The highest BCUT2D eigenvalue weighted by atomic mass is 35.5. The summed E-state index contributed by atoms with van der Waals surface area (Å²) in [6.45, 7) is 5.23. The molecule has 0 spiro atoms. The van der Waals surface area contributed by atoms with Crippen LogP contribution in [0.4, 0.5) is 0 Å². The van der Waals surface area contributed by atoms with E-state index in [-0.39, 0.29) is 17.9 Å². The number of rotatable bonds is 7. The summed E-state index contributed by atoms with van der Waals surface area (Å²) in [5.41, 5.74) is 2.82. The van der Waals surface area contributed by atoms with Crippen LogP contribution in [0, 0.1) is 6.92 Å². The fourth-order valence-corrected chi connectivity index (χ4v) is 5.07. The Hall–Kier alpha value is -2.57. The predicted molar refractivity (Wildman–Crippen MR) is 130 cm³/mol. The Balaban J connectivity index is 1.47. The Morgan fingerprint density at radius 1 is 1.09 bits per heavy atom. The van der Waals surface area contributed by atoms with Gasteiger partial charge in [-0.25, -0.2) is 0 Å². The van der Waals surface area contributed by atoms with Gasteiger partial charge in [0.15, 0.2) is 0 Å². The molecule has 0 aromatic heterocycles. The summed E-state index contributed by atoms with van der Waals surface area (Å²) < 4.78 is 5.36. The Kier molecular flexibility index (Phi) is 7.56. The molecule has 2 heterocycles. The summed E-state index contributed by atoms with van der Waals surface area (Å²) in [6, 6.07) is 13.2. The first-order chi connectivity index (χ1) is 16.0. The summed E-state index contributed by atoms with van der Waals surface area (Å²) in [5.74, 6) is 0.142. The minimum atomic E-state index is -0.488. The van der Waals surface area contributed by atoms with Crippen molar-refractivity contribution < 1.29 is 14.3 Å². The molecule has 0 radical (unpaired) electrons. The van der Waals surface area contributed by atoms with E-state index >= 15 is 0 Å². The summed E-state index contributed by atoms with van der Waals surface area (Å²) in [5, 5.41) is 3.62. The van der Waals surface area contributed by atoms with E-state index in [9.17, 15) is 9.59 Å². The molecule has 0 saturated carbocycles. The summed E-state index contributed by atoms with van der Waals surface area (Å²) in [4.78, 5) is 30.6. The van der Waals surface area contributed by atoms with Crippen molar-refractivity contribution in [1.29, 1.82) is 0 Å². The lowest BCUT2D eigenvalue weighted by Crippen LogP contribution is -2.48. The van der Waals surface area contributed by atoms with Crippen LogP contribution in [0.3, 0.4) is 0 Å². The average Bonchev–Trinajstić information content (AvgIpc) is 3.52. The molecular formula is C26H32ClN3O3. The maximum atomic E-state index is 13.3. The van der Waals surface area contributed by atoms with E-state index in [1.54, 1.807) is 23.1 Å². The van der Waals surface area contributed by atoms with Gasteiger partial charge in [0.2, 0.25) is 5.91 Å². The van der Waals surface area contributed by atoms with Crippen molar-refractivity contribution in [1.82, 2.24) is 15.1 Å². The zero-order chi connectivity index (χ0) is 23.4. The summed E-state index contributed by atoms with van der Waals surface area (Å²) in [6.07, 6.45) is 3.81. The molecule has 4 rings (SSSR count). The topological polar surface area (TPSA) is 61.9 Å². The number of halogens is 1. The number of methoxy groups -OCH3 is 1. The van der Waals surface area contributed by atoms with E-state index in [0.29, 0.717) is 35.8 Å². The van der Waals surface area contributed by atoms with Gasteiger partial charge in [0.25, 0.3) is 5.91 Å². The van der Waals surface area contributed by atoms with Crippen molar-refractivity contribution in [2.75, 3.05) is 33.3 Å². The van der Waals surface area contributed by atoms with Crippen LogP contribution in [0.25, 0.3) is 0 Å². The zero-order valence-electron chi connectivity index (χ0n) is 19.4. The highest BCUT2D eigenvalue weighted by molar-refractivity contribution is 6.31. The third-order valence-electron chi connectivity index (χ3n) is 6.72. The second-order valence-corrected chi connectivity index (χ2v) is 9.35. The molecule has 2 aromatic carbocycles. The van der Waals surface area contributed by atoms with E-state index < -0.39 is 6.04 Å². The maximum Gasteiger partial charge on any atom is 0.258 e. The Morgan fingerprint density at radius 3 is 2.52 bits per heavy atom. The number of ether oxygens (including phenoxy) is 1. The molecule has 2 unspecified atom stereocenters. The van der Waals surface area contributed by atoms with Crippen molar-refractivity contribution in [2.24, 2.45) is 0 Å². The molecule has 1 N–H and O–H groups in total. The molecular weight excluding hydrogens is 438 g/mol. The van der Waals surface area contributed by atoms with Crippen molar-refractivity contribution in [3.8, 4) is 5.75 Å². The Morgan fingerprint density at radius 2 is 1.82 bits per heavy atom. The number of nitrogens with one attached hydrogen (secondary N) is 1. The van der Waals surface area contributed by atoms with Crippen LogP contribution in [0.1, 0.15) is 53.2 Å². The van der Waals surface area contributed by atoms with Crippen LogP contribution in [-0.4, -0.2) is 60.9 Å². The van der Waals surface area contributed by atoms with Gasteiger partial charge in [-0.2, -0.15) is 0 Å². The first kappa shape index (κ1) is 23.6. The molecule has 6 nitrogen and oxygen atoms in total. The fourth-order valence-electron chi connectivity index (χ4n) is 4.90. The highest BCUT2D eigenvalue weighted by Gasteiger charge is 2.36. The average molecular weight is 470 g/mol. The van der Waals surface area contributed by atoms with Gasteiger partial charge < -0.3 is 15.0 Å². The SMILES string of the molecule is COc1ccc(Cl)cc1C(=O)N1CCCC1C(=O)NCC(c1ccc(C)cc1)N1CCCC1. The standard InChI is InChI=1S/C26H32ClN3O3/c1-18-7-9-19(10-8-18)23(29-13-3-4-14-29)17-28-25(31)22-6-5-15-30(22)26(32)21-16-20(27)11-12-24(21)33-2/h7-12,16,22-23H,3-6,13-15,17H2,1-2H3,(H,28,31). The van der Waals surface area contributed by atoms with E-state index in [1.165, 1.54) is 31.1 Å². The van der Waals surface area contributed by atoms with Gasteiger partial charge in [-0.05, 0) is 69.5 Å². The Bertz CT molecular complexity index is 989. The van der Waals surface area contributed by atoms with Crippen LogP contribution in [0.2, 0.25) is 5.02 Å². The lowest BCUT2D eigenvalue weighted by Gasteiger charge is -2.30. The lowest BCUT2D eigenvalue weighted by atomic mass is 10.0. The molecule has 2 aliphatic heterocycles. The number of aryl methyl sites for hydroxylation is 1. The normalized spacial score (nSPS) is 19.5. The van der Waals surface area contributed by atoms with Crippen molar-refractivity contribution in [3.05, 3.63) is 64.2 Å². The molecule has 2 fully saturated rings. The molecule has 2 saturated heterocycles. The summed E-state index contributed by atoms with van der Waals surface area (Å²) in [7, 11) is 1.53. The van der Waals surface area contributed by atoms with Gasteiger partial charge in [-0.1, -0.05) is 41.4 Å². The zero-order valence-corrected chi connectivity index (χ0v) is 20.1. The molecule has 2 amide bonds. The summed E-state index contributed by atoms with van der Waals surface area (Å²) >= 11 is 6.13. The molecule has 33 heavy (non-hydrogen) atoms. The van der Waals surface area contributed by atoms with Gasteiger partial charge in [0, 0.05) is 18.1 Å². The minimum absolute atomic E-state index is 0.0989. The van der Waals surface area contributed by atoms with Crippen LogP contribution in [-0.2, 0) is 4.79 Å². The molecule has 2 aliphatic rings. The van der Waals surface area contributed by atoms with Crippen LogP contribution < -0.4 is 10.1 Å². The largest absolute Gasteiger partial charge is 0.496 e. The van der Waals surface area contributed by atoms with E-state index in [2.05, 4.69) is 41.4 Å². The number of nitrogens with zero attached hydrogens (tertiary/aromatic N) is 2. The second-order valence-electron chi connectivity index (χ2n) is 8.92.